The first-order chi connectivity index (χ1) is 11.8. The van der Waals surface area contributed by atoms with Crippen molar-refractivity contribution < 1.29 is 14.3 Å². The predicted molar refractivity (Wildman–Crippen MR) is 111 cm³/mol. The fourth-order valence-electron chi connectivity index (χ4n) is 2.85. The van der Waals surface area contributed by atoms with Crippen molar-refractivity contribution in [3.05, 3.63) is 24.2 Å². The normalized spacial score (nSPS) is 20.3. The average Bonchev–Trinajstić information content (AvgIpc) is 3.25. The van der Waals surface area contributed by atoms with Crippen LogP contribution < -0.4 is 10.6 Å². The third-order valence-electron chi connectivity index (χ3n) is 4.47. The standard InChI is InChI=1S/C18H31N3O3.HI/c1-2-3-9-19-17(20-10-6-16-5-4-12-24-16)21-14-18(7-11-22)8-13-23-15-18;/h4-5,12,22H,2-3,6-11,13-15H2,1H3,(H2,19,20,21);1H. The zero-order valence-corrected chi connectivity index (χ0v) is 17.5. The van der Waals surface area contributed by atoms with Crippen molar-refractivity contribution in [1.29, 1.82) is 0 Å². The number of guanidine groups is 1. The molecule has 1 aromatic rings. The Kier molecular flexibility index (Phi) is 11.2. The van der Waals surface area contributed by atoms with Gasteiger partial charge in [-0.3, -0.25) is 4.99 Å². The Hall–Kier alpha value is -0.800. The van der Waals surface area contributed by atoms with Crippen molar-refractivity contribution in [2.75, 3.05) is 39.5 Å². The van der Waals surface area contributed by atoms with Crippen molar-refractivity contribution in [2.45, 2.75) is 39.0 Å². The first kappa shape index (κ1) is 22.2. The van der Waals surface area contributed by atoms with Gasteiger partial charge in [0, 0.05) is 38.1 Å². The van der Waals surface area contributed by atoms with Gasteiger partial charge in [0.15, 0.2) is 5.96 Å². The highest BCUT2D eigenvalue weighted by atomic mass is 127. The lowest BCUT2D eigenvalue weighted by atomic mass is 9.84. The van der Waals surface area contributed by atoms with E-state index in [1.807, 2.05) is 12.1 Å². The molecular weight excluding hydrogens is 433 g/mol. The zero-order chi connectivity index (χ0) is 17.1. The lowest BCUT2D eigenvalue weighted by Gasteiger charge is -2.25. The molecule has 144 valence electrons. The highest BCUT2D eigenvalue weighted by Gasteiger charge is 2.34. The highest BCUT2D eigenvalue weighted by Crippen LogP contribution is 2.32. The summed E-state index contributed by atoms with van der Waals surface area (Å²) < 4.78 is 10.9. The summed E-state index contributed by atoms with van der Waals surface area (Å²) in [5.41, 5.74) is -0.0187. The maximum atomic E-state index is 9.33. The molecule has 0 spiro atoms. The minimum atomic E-state index is -0.0187. The number of ether oxygens (including phenoxy) is 1. The van der Waals surface area contributed by atoms with Crippen molar-refractivity contribution in [3.63, 3.8) is 0 Å². The van der Waals surface area contributed by atoms with Gasteiger partial charge in [0.1, 0.15) is 5.76 Å². The fraction of sp³-hybridized carbons (Fsp3) is 0.722. The first-order valence-corrected chi connectivity index (χ1v) is 9.01. The van der Waals surface area contributed by atoms with Crippen LogP contribution >= 0.6 is 24.0 Å². The smallest absolute Gasteiger partial charge is 0.191 e. The van der Waals surface area contributed by atoms with Gasteiger partial charge in [-0.15, -0.1) is 24.0 Å². The molecule has 1 atom stereocenters. The van der Waals surface area contributed by atoms with Crippen LogP contribution in [0.5, 0.6) is 0 Å². The second-order valence-corrected chi connectivity index (χ2v) is 6.48. The van der Waals surface area contributed by atoms with Crippen molar-refractivity contribution in [2.24, 2.45) is 10.4 Å². The molecule has 2 rings (SSSR count). The van der Waals surface area contributed by atoms with Crippen molar-refractivity contribution in [3.8, 4) is 0 Å². The first-order valence-electron chi connectivity index (χ1n) is 9.01. The van der Waals surface area contributed by atoms with E-state index < -0.39 is 0 Å². The van der Waals surface area contributed by atoms with Crippen LogP contribution in [0.3, 0.4) is 0 Å². The van der Waals surface area contributed by atoms with E-state index in [1.165, 1.54) is 0 Å². The number of hydrogen-bond acceptors (Lipinski definition) is 4. The number of nitrogens with zero attached hydrogens (tertiary/aromatic N) is 1. The molecule has 1 aliphatic heterocycles. The van der Waals surface area contributed by atoms with Crippen LogP contribution in [0, 0.1) is 5.41 Å². The Morgan fingerprint density at radius 2 is 2.20 bits per heavy atom. The minimum Gasteiger partial charge on any atom is -0.469 e. The molecule has 0 radical (unpaired) electrons. The number of hydrogen-bond donors (Lipinski definition) is 3. The van der Waals surface area contributed by atoms with E-state index in [1.54, 1.807) is 6.26 Å². The number of aliphatic imine (C=N–C) groups is 1. The third-order valence-corrected chi connectivity index (χ3v) is 4.47. The monoisotopic (exact) mass is 465 g/mol. The van der Waals surface area contributed by atoms with E-state index in [4.69, 9.17) is 14.1 Å². The van der Waals surface area contributed by atoms with E-state index in [2.05, 4.69) is 17.6 Å². The van der Waals surface area contributed by atoms with Gasteiger partial charge < -0.3 is 24.9 Å². The van der Waals surface area contributed by atoms with Gasteiger partial charge in [-0.05, 0) is 31.4 Å². The van der Waals surface area contributed by atoms with Gasteiger partial charge >= 0.3 is 0 Å². The predicted octanol–water partition coefficient (Wildman–Crippen LogP) is 2.56. The summed E-state index contributed by atoms with van der Waals surface area (Å²) in [5.74, 6) is 1.80. The Bertz CT molecular complexity index is 474. The Labute approximate surface area is 167 Å². The third kappa shape index (κ3) is 7.96. The molecule has 7 heteroatoms. The molecule has 6 nitrogen and oxygen atoms in total. The van der Waals surface area contributed by atoms with Gasteiger partial charge in [0.2, 0.25) is 0 Å². The van der Waals surface area contributed by atoms with Crippen LogP contribution in [0.25, 0.3) is 0 Å². The van der Waals surface area contributed by atoms with Crippen LogP contribution in [0.4, 0.5) is 0 Å². The molecule has 25 heavy (non-hydrogen) atoms. The van der Waals surface area contributed by atoms with Crippen LogP contribution in [0.1, 0.15) is 38.4 Å². The molecule has 3 N–H and O–H groups in total. The molecule has 0 aromatic carbocycles. The molecule has 0 amide bonds. The van der Waals surface area contributed by atoms with Crippen molar-refractivity contribution in [1.82, 2.24) is 10.6 Å². The summed E-state index contributed by atoms with van der Waals surface area (Å²) in [6.45, 7) is 6.17. The summed E-state index contributed by atoms with van der Waals surface area (Å²) >= 11 is 0. The molecule has 1 saturated heterocycles. The Morgan fingerprint density at radius 1 is 1.36 bits per heavy atom. The second-order valence-electron chi connectivity index (χ2n) is 6.48. The SMILES string of the molecule is CCCCNC(=NCC1(CCO)CCOC1)NCCc1ccco1.I. The largest absolute Gasteiger partial charge is 0.469 e. The van der Waals surface area contributed by atoms with Crippen LogP contribution in [-0.4, -0.2) is 50.5 Å². The summed E-state index contributed by atoms with van der Waals surface area (Å²) in [6.07, 6.45) is 6.49. The van der Waals surface area contributed by atoms with E-state index in [0.717, 1.165) is 63.5 Å². The van der Waals surface area contributed by atoms with Crippen molar-refractivity contribution >= 4 is 29.9 Å². The molecule has 0 aliphatic carbocycles. The molecule has 1 unspecified atom stereocenters. The maximum Gasteiger partial charge on any atom is 0.191 e. The summed E-state index contributed by atoms with van der Waals surface area (Å²) in [6, 6.07) is 3.89. The molecule has 0 saturated carbocycles. The molecule has 1 aliphatic rings. The van der Waals surface area contributed by atoms with Gasteiger partial charge in [-0.25, -0.2) is 0 Å². The van der Waals surface area contributed by atoms with Gasteiger partial charge in [0.05, 0.1) is 19.4 Å². The number of aliphatic hydroxyl groups is 1. The molecule has 1 fully saturated rings. The van der Waals surface area contributed by atoms with Crippen LogP contribution in [-0.2, 0) is 11.2 Å². The average molecular weight is 465 g/mol. The lowest BCUT2D eigenvalue weighted by Crippen LogP contribution is -2.40. The Morgan fingerprint density at radius 3 is 2.84 bits per heavy atom. The number of halogens is 1. The number of unbranched alkanes of at least 4 members (excludes halogenated alkanes) is 1. The number of aliphatic hydroxyl groups excluding tert-OH is 1. The van der Waals surface area contributed by atoms with Crippen LogP contribution in [0.15, 0.2) is 27.8 Å². The summed E-state index contributed by atoms with van der Waals surface area (Å²) in [4.78, 5) is 4.76. The fourth-order valence-corrected chi connectivity index (χ4v) is 2.85. The molecule has 2 heterocycles. The molecule has 0 bridgehead atoms. The number of furan rings is 1. The quantitative estimate of drug-likeness (QED) is 0.214. The summed E-state index contributed by atoms with van der Waals surface area (Å²) in [5, 5.41) is 16.1. The van der Waals surface area contributed by atoms with E-state index in [-0.39, 0.29) is 36.0 Å². The van der Waals surface area contributed by atoms with Crippen LogP contribution in [0.2, 0.25) is 0 Å². The van der Waals surface area contributed by atoms with Gasteiger partial charge in [-0.2, -0.15) is 0 Å². The molecular formula is C18H32IN3O3. The van der Waals surface area contributed by atoms with Gasteiger partial charge in [0.25, 0.3) is 0 Å². The topological polar surface area (TPSA) is 79.0 Å². The number of nitrogens with one attached hydrogen (secondary N) is 2. The lowest BCUT2D eigenvalue weighted by molar-refractivity contribution is 0.131. The molecule has 1 aromatic heterocycles. The van der Waals surface area contributed by atoms with E-state index >= 15 is 0 Å². The zero-order valence-electron chi connectivity index (χ0n) is 15.1. The van der Waals surface area contributed by atoms with E-state index in [0.29, 0.717) is 13.2 Å². The second kappa shape index (κ2) is 12.5. The number of rotatable bonds is 10. The van der Waals surface area contributed by atoms with Gasteiger partial charge in [-0.1, -0.05) is 13.3 Å². The minimum absolute atomic E-state index is 0. The Balaban J connectivity index is 0.00000312. The highest BCUT2D eigenvalue weighted by molar-refractivity contribution is 14.0. The van der Waals surface area contributed by atoms with E-state index in [9.17, 15) is 5.11 Å². The summed E-state index contributed by atoms with van der Waals surface area (Å²) in [7, 11) is 0. The maximum absolute atomic E-state index is 9.33.